The molecule has 3 heteroatoms. The van der Waals surface area contributed by atoms with Gasteiger partial charge in [0, 0.05) is 11.6 Å². The van der Waals surface area contributed by atoms with Gasteiger partial charge in [0.15, 0.2) is 0 Å². The second-order valence-electron chi connectivity index (χ2n) is 3.98. The minimum Gasteiger partial charge on any atom is -0.478 e. The molecule has 0 aliphatic heterocycles. The van der Waals surface area contributed by atoms with Crippen molar-refractivity contribution in [2.75, 3.05) is 0 Å². The Labute approximate surface area is 89.2 Å². The summed E-state index contributed by atoms with van der Waals surface area (Å²) in [6.45, 7) is 3.78. The first-order valence-electron chi connectivity index (χ1n) is 4.70. The number of nitrogens with two attached hydrogens (primary N) is 1. The van der Waals surface area contributed by atoms with Crippen LogP contribution in [-0.2, 0) is 10.3 Å². The second-order valence-corrected chi connectivity index (χ2v) is 3.98. The summed E-state index contributed by atoms with van der Waals surface area (Å²) in [5.41, 5.74) is 7.28. The SMILES string of the molecule is CC(C)(N)c1ccccc1/C=C/C(=O)O. The highest BCUT2D eigenvalue weighted by molar-refractivity contribution is 5.85. The van der Waals surface area contributed by atoms with E-state index in [9.17, 15) is 4.79 Å². The molecule has 0 heterocycles. The summed E-state index contributed by atoms with van der Waals surface area (Å²) in [6, 6.07) is 7.50. The molecular weight excluding hydrogens is 190 g/mol. The number of carbonyl (C=O) groups is 1. The Hall–Kier alpha value is -1.61. The fourth-order valence-electron chi connectivity index (χ4n) is 1.39. The zero-order chi connectivity index (χ0) is 11.5. The Morgan fingerprint density at radius 2 is 2.00 bits per heavy atom. The van der Waals surface area contributed by atoms with Crippen LogP contribution in [0.5, 0.6) is 0 Å². The molecule has 0 spiro atoms. The molecule has 3 nitrogen and oxygen atoms in total. The third-order valence-corrected chi connectivity index (χ3v) is 2.06. The topological polar surface area (TPSA) is 63.3 Å². The predicted octanol–water partition coefficient (Wildman–Crippen LogP) is 1.98. The van der Waals surface area contributed by atoms with E-state index in [1.807, 2.05) is 38.1 Å². The maximum atomic E-state index is 10.4. The van der Waals surface area contributed by atoms with Crippen LogP contribution in [0.2, 0.25) is 0 Å². The summed E-state index contributed by atoms with van der Waals surface area (Å²) in [7, 11) is 0. The van der Waals surface area contributed by atoms with Gasteiger partial charge in [-0.1, -0.05) is 24.3 Å². The predicted molar refractivity (Wildman–Crippen MR) is 60.3 cm³/mol. The lowest BCUT2D eigenvalue weighted by Crippen LogP contribution is -2.29. The van der Waals surface area contributed by atoms with Crippen LogP contribution >= 0.6 is 0 Å². The summed E-state index contributed by atoms with van der Waals surface area (Å²) in [5.74, 6) is -0.959. The number of carboxylic acid groups (broad SMARTS) is 1. The Balaban J connectivity index is 3.13. The van der Waals surface area contributed by atoms with Crippen LogP contribution in [0.1, 0.15) is 25.0 Å². The van der Waals surface area contributed by atoms with Crippen LogP contribution in [-0.4, -0.2) is 11.1 Å². The van der Waals surface area contributed by atoms with Gasteiger partial charge < -0.3 is 10.8 Å². The number of rotatable bonds is 3. The van der Waals surface area contributed by atoms with Gasteiger partial charge in [0.05, 0.1) is 0 Å². The molecule has 0 aromatic heterocycles. The average Bonchev–Trinajstić information content (AvgIpc) is 2.13. The molecule has 0 unspecified atom stereocenters. The molecule has 3 N–H and O–H groups in total. The van der Waals surface area contributed by atoms with E-state index in [0.717, 1.165) is 17.2 Å². The third kappa shape index (κ3) is 3.22. The Morgan fingerprint density at radius 1 is 1.40 bits per heavy atom. The van der Waals surface area contributed by atoms with Crippen molar-refractivity contribution in [2.24, 2.45) is 5.73 Å². The van der Waals surface area contributed by atoms with Crippen molar-refractivity contribution >= 4 is 12.0 Å². The molecule has 0 saturated heterocycles. The largest absolute Gasteiger partial charge is 0.478 e. The normalized spacial score (nSPS) is 11.9. The Morgan fingerprint density at radius 3 is 2.53 bits per heavy atom. The van der Waals surface area contributed by atoms with Gasteiger partial charge >= 0.3 is 5.97 Å². The number of carboxylic acids is 1. The minimum atomic E-state index is -0.959. The first-order chi connectivity index (χ1) is 6.91. The summed E-state index contributed by atoms with van der Waals surface area (Å²) in [4.78, 5) is 10.4. The zero-order valence-corrected chi connectivity index (χ0v) is 8.90. The molecule has 0 saturated carbocycles. The molecule has 0 atom stereocenters. The monoisotopic (exact) mass is 205 g/mol. The van der Waals surface area contributed by atoms with E-state index in [4.69, 9.17) is 10.8 Å². The summed E-state index contributed by atoms with van der Waals surface area (Å²) >= 11 is 0. The lowest BCUT2D eigenvalue weighted by atomic mass is 9.91. The number of benzene rings is 1. The van der Waals surface area contributed by atoms with Crippen molar-refractivity contribution in [1.29, 1.82) is 0 Å². The van der Waals surface area contributed by atoms with E-state index in [0.29, 0.717) is 0 Å². The van der Waals surface area contributed by atoms with Gasteiger partial charge in [-0.05, 0) is 31.1 Å². The fraction of sp³-hybridized carbons (Fsp3) is 0.250. The average molecular weight is 205 g/mol. The third-order valence-electron chi connectivity index (χ3n) is 2.06. The lowest BCUT2D eigenvalue weighted by molar-refractivity contribution is -0.131. The van der Waals surface area contributed by atoms with E-state index in [1.54, 1.807) is 6.08 Å². The van der Waals surface area contributed by atoms with Gasteiger partial charge in [-0.15, -0.1) is 0 Å². The van der Waals surface area contributed by atoms with Crippen LogP contribution in [0.4, 0.5) is 0 Å². The van der Waals surface area contributed by atoms with E-state index in [-0.39, 0.29) is 0 Å². The first-order valence-corrected chi connectivity index (χ1v) is 4.70. The highest BCUT2D eigenvalue weighted by Crippen LogP contribution is 2.22. The molecule has 1 aromatic carbocycles. The van der Waals surface area contributed by atoms with Crippen LogP contribution in [0.25, 0.3) is 6.08 Å². The minimum absolute atomic E-state index is 0.473. The highest BCUT2D eigenvalue weighted by Gasteiger charge is 2.16. The van der Waals surface area contributed by atoms with Crippen molar-refractivity contribution in [3.05, 3.63) is 41.5 Å². The van der Waals surface area contributed by atoms with E-state index in [1.165, 1.54) is 0 Å². The Bertz CT molecular complexity index is 389. The van der Waals surface area contributed by atoms with Crippen LogP contribution in [0.3, 0.4) is 0 Å². The second kappa shape index (κ2) is 4.28. The van der Waals surface area contributed by atoms with Gasteiger partial charge in [0.2, 0.25) is 0 Å². The van der Waals surface area contributed by atoms with Crippen LogP contribution in [0.15, 0.2) is 30.3 Å². The first kappa shape index (κ1) is 11.5. The smallest absolute Gasteiger partial charge is 0.328 e. The van der Waals surface area contributed by atoms with Crippen molar-refractivity contribution in [1.82, 2.24) is 0 Å². The maximum Gasteiger partial charge on any atom is 0.328 e. The van der Waals surface area contributed by atoms with E-state index >= 15 is 0 Å². The highest BCUT2D eigenvalue weighted by atomic mass is 16.4. The Kier molecular flexibility index (Phi) is 3.27. The molecule has 0 bridgehead atoms. The number of hydrogen-bond donors (Lipinski definition) is 2. The van der Waals surface area contributed by atoms with Gasteiger partial charge in [-0.25, -0.2) is 4.79 Å². The van der Waals surface area contributed by atoms with Crippen molar-refractivity contribution in [3.8, 4) is 0 Å². The van der Waals surface area contributed by atoms with E-state index in [2.05, 4.69) is 0 Å². The van der Waals surface area contributed by atoms with Gasteiger partial charge in [0.25, 0.3) is 0 Å². The maximum absolute atomic E-state index is 10.4. The van der Waals surface area contributed by atoms with Crippen LogP contribution < -0.4 is 5.73 Å². The van der Waals surface area contributed by atoms with Crippen molar-refractivity contribution in [3.63, 3.8) is 0 Å². The molecular formula is C12H15NO2. The molecule has 1 rings (SSSR count). The molecule has 0 fully saturated rings. The van der Waals surface area contributed by atoms with Gasteiger partial charge in [-0.3, -0.25) is 0 Å². The number of hydrogen-bond acceptors (Lipinski definition) is 2. The molecule has 0 amide bonds. The lowest BCUT2D eigenvalue weighted by Gasteiger charge is -2.21. The zero-order valence-electron chi connectivity index (χ0n) is 8.90. The molecule has 1 aromatic rings. The molecule has 0 aliphatic carbocycles. The molecule has 0 radical (unpaired) electrons. The number of aliphatic carboxylic acids is 1. The summed E-state index contributed by atoms with van der Waals surface area (Å²) < 4.78 is 0. The standard InChI is InChI=1S/C12H15NO2/c1-12(2,13)10-6-4-3-5-9(10)7-8-11(14)15/h3-8H,13H2,1-2H3,(H,14,15)/b8-7+. The molecule has 0 aliphatic rings. The quantitative estimate of drug-likeness (QED) is 0.741. The summed E-state index contributed by atoms with van der Waals surface area (Å²) in [6.07, 6.45) is 2.68. The van der Waals surface area contributed by atoms with E-state index < -0.39 is 11.5 Å². The van der Waals surface area contributed by atoms with Gasteiger partial charge in [0.1, 0.15) is 0 Å². The molecule has 80 valence electrons. The van der Waals surface area contributed by atoms with Crippen molar-refractivity contribution in [2.45, 2.75) is 19.4 Å². The molecule has 15 heavy (non-hydrogen) atoms. The summed E-state index contributed by atoms with van der Waals surface area (Å²) in [5, 5.41) is 8.55. The van der Waals surface area contributed by atoms with Gasteiger partial charge in [-0.2, -0.15) is 0 Å². The van der Waals surface area contributed by atoms with Crippen molar-refractivity contribution < 1.29 is 9.90 Å². The van der Waals surface area contributed by atoms with Crippen LogP contribution in [0, 0.1) is 0 Å². The fourth-order valence-corrected chi connectivity index (χ4v) is 1.39.